The van der Waals surface area contributed by atoms with Crippen LogP contribution in [-0.4, -0.2) is 5.75 Å². The van der Waals surface area contributed by atoms with Gasteiger partial charge in [0.15, 0.2) is 0 Å². The third kappa shape index (κ3) is 7.72. The van der Waals surface area contributed by atoms with Gasteiger partial charge in [-0.3, -0.25) is 0 Å². The van der Waals surface area contributed by atoms with Gasteiger partial charge < -0.3 is 0 Å². The second-order valence-electron chi connectivity index (χ2n) is 2.94. The molecule has 1 aromatic carbocycles. The summed E-state index contributed by atoms with van der Waals surface area (Å²) in [5.74, 6) is 1.97. The number of thioether (sulfide) groups is 1. The Morgan fingerprint density at radius 3 is 2.38 bits per heavy atom. The summed E-state index contributed by atoms with van der Waals surface area (Å²) in [6, 6.07) is 11.1. The number of rotatable bonds is 3. The van der Waals surface area contributed by atoms with Crippen LogP contribution in [0, 0.1) is 12.0 Å². The number of hydrogen-bond acceptors (Lipinski definition) is 1. The maximum absolute atomic E-state index is 3.06. The van der Waals surface area contributed by atoms with Crippen molar-refractivity contribution >= 4 is 25.4 Å². The minimum atomic E-state index is 0.768. The van der Waals surface area contributed by atoms with Gasteiger partial charge in [0.25, 0.3) is 0 Å². The van der Waals surface area contributed by atoms with Gasteiger partial charge in [-0.15, -0.1) is 4.90 Å². The van der Waals surface area contributed by atoms with Gasteiger partial charge in [-0.25, -0.2) is 0 Å². The fourth-order valence-electron chi connectivity index (χ4n) is 0.731. The Hall–Kier alpha value is 0.673. The molecule has 0 saturated heterocycles. The monoisotopic (exact) mass is 308 g/mol. The molecule has 0 nitrogen and oxygen atoms in total. The molecule has 13 heavy (non-hydrogen) atoms. The van der Waals surface area contributed by atoms with E-state index in [2.05, 4.69) is 45.7 Å². The normalized spacial score (nSPS) is 9.38. The standard InChI is InChI=1S/C10H13S.BrH.Zn/c1-9(2)8-11-10-6-4-3-5-7-10;;/h4-7,9H,8H2,1-2H3;1H;/q-1;;+2/p-1. The zero-order chi connectivity index (χ0) is 10.1. The van der Waals surface area contributed by atoms with Crippen LogP contribution in [0.3, 0.4) is 0 Å². The summed E-state index contributed by atoms with van der Waals surface area (Å²) in [6.07, 6.45) is 0. The molecule has 0 amide bonds. The van der Waals surface area contributed by atoms with E-state index in [1.54, 1.807) is 0 Å². The van der Waals surface area contributed by atoms with Crippen molar-refractivity contribution in [3.05, 3.63) is 30.3 Å². The summed E-state index contributed by atoms with van der Waals surface area (Å²) >= 11 is 6.16. The number of halogens is 1. The Morgan fingerprint density at radius 1 is 1.38 bits per heavy atom. The van der Waals surface area contributed by atoms with Crippen molar-refractivity contribution in [2.24, 2.45) is 5.92 Å². The average molecular weight is 311 g/mol. The van der Waals surface area contributed by atoms with E-state index in [1.165, 1.54) is 27.0 Å². The summed E-state index contributed by atoms with van der Waals surface area (Å²) in [7, 11) is 0. The second kappa shape index (κ2) is 9.24. The first-order valence-electron chi connectivity index (χ1n) is 4.14. The average Bonchev–Trinajstić information content (AvgIpc) is 2.19. The van der Waals surface area contributed by atoms with Crippen molar-refractivity contribution in [2.75, 3.05) is 5.75 Å². The molecule has 0 aliphatic carbocycles. The molecule has 1 aromatic rings. The van der Waals surface area contributed by atoms with Gasteiger partial charge in [0.05, 0.1) is 0 Å². The van der Waals surface area contributed by atoms with Crippen LogP contribution in [0.25, 0.3) is 0 Å². The summed E-state index contributed by atoms with van der Waals surface area (Å²) in [4.78, 5) is 1.34. The molecule has 3 heteroatoms. The van der Waals surface area contributed by atoms with Gasteiger partial charge in [0, 0.05) is 0 Å². The summed E-state index contributed by atoms with van der Waals surface area (Å²) in [5, 5.41) is 0. The number of benzene rings is 1. The fraction of sp³-hybridized carbons (Fsp3) is 0.400. The Balaban J connectivity index is 0.000000671. The van der Waals surface area contributed by atoms with Gasteiger partial charge >= 0.3 is 30.0 Å². The Kier molecular flexibility index (Phi) is 9.72. The molecule has 0 spiro atoms. The van der Waals surface area contributed by atoms with Crippen molar-refractivity contribution in [3.8, 4) is 0 Å². The van der Waals surface area contributed by atoms with Crippen LogP contribution < -0.4 is 0 Å². The maximum atomic E-state index is 3.06. The van der Waals surface area contributed by atoms with E-state index >= 15 is 0 Å². The molecule has 0 N–H and O–H groups in total. The van der Waals surface area contributed by atoms with Crippen LogP contribution in [0.2, 0.25) is 0 Å². The quantitative estimate of drug-likeness (QED) is 0.460. The Bertz CT molecular complexity index is 201. The van der Waals surface area contributed by atoms with Crippen LogP contribution >= 0.6 is 25.4 Å². The van der Waals surface area contributed by atoms with E-state index < -0.39 is 0 Å². The van der Waals surface area contributed by atoms with Crippen LogP contribution in [0.5, 0.6) is 0 Å². The van der Waals surface area contributed by atoms with Crippen molar-refractivity contribution in [2.45, 2.75) is 18.7 Å². The van der Waals surface area contributed by atoms with Gasteiger partial charge in [-0.05, 0) is 11.7 Å². The molecule has 0 unspecified atom stereocenters. The number of hydrogen-bond donors (Lipinski definition) is 0. The second-order valence-corrected chi connectivity index (χ2v) is 4.03. The summed E-state index contributed by atoms with van der Waals surface area (Å²) in [6.45, 7) is 4.48. The first-order valence-corrected chi connectivity index (χ1v) is 12.1. The van der Waals surface area contributed by atoms with Gasteiger partial charge in [-0.1, -0.05) is 13.8 Å². The molecule has 0 aromatic heterocycles. The van der Waals surface area contributed by atoms with Crippen LogP contribution in [-0.2, 0) is 16.3 Å². The van der Waals surface area contributed by atoms with Crippen molar-refractivity contribution in [1.29, 1.82) is 0 Å². The predicted octanol–water partition coefficient (Wildman–Crippen LogP) is 4.08. The van der Waals surface area contributed by atoms with E-state index in [0.717, 1.165) is 5.92 Å². The third-order valence-corrected chi connectivity index (χ3v) is 2.71. The first kappa shape index (κ1) is 13.7. The van der Waals surface area contributed by atoms with Gasteiger partial charge in [0.1, 0.15) is 0 Å². The topological polar surface area (TPSA) is 0 Å². The van der Waals surface area contributed by atoms with Gasteiger partial charge in [0.2, 0.25) is 0 Å². The van der Waals surface area contributed by atoms with Gasteiger partial charge in [-0.2, -0.15) is 42.1 Å². The molecule has 0 saturated carbocycles. The van der Waals surface area contributed by atoms with Crippen LogP contribution in [0.15, 0.2) is 29.2 Å². The molecule has 0 bridgehead atoms. The van der Waals surface area contributed by atoms with E-state index in [0.29, 0.717) is 0 Å². The van der Waals surface area contributed by atoms with E-state index in [1.807, 2.05) is 23.9 Å². The zero-order valence-corrected chi connectivity index (χ0v) is 13.5. The van der Waals surface area contributed by atoms with Crippen molar-refractivity contribution < 1.29 is 16.3 Å². The molecule has 68 valence electrons. The Labute approximate surface area is 102 Å². The molecule has 1 rings (SSSR count). The zero-order valence-electron chi connectivity index (χ0n) is 8.09. The molecule has 0 aliphatic rings. The van der Waals surface area contributed by atoms with E-state index in [-0.39, 0.29) is 0 Å². The molecule has 0 aliphatic heterocycles. The molecule has 0 radical (unpaired) electrons. The summed E-state index contributed by atoms with van der Waals surface area (Å²) < 4.78 is 0. The molecule has 0 atom stereocenters. The summed E-state index contributed by atoms with van der Waals surface area (Å²) in [5.41, 5.74) is 0. The molecule has 0 fully saturated rings. The van der Waals surface area contributed by atoms with Crippen LogP contribution in [0.1, 0.15) is 13.8 Å². The van der Waals surface area contributed by atoms with Crippen molar-refractivity contribution in [1.82, 2.24) is 0 Å². The first-order chi connectivity index (χ1) is 6.29. The fourth-order valence-corrected chi connectivity index (χ4v) is 1.59. The molecular weight excluding hydrogens is 297 g/mol. The third-order valence-electron chi connectivity index (χ3n) is 1.27. The molecular formula is C10H13BrSZn. The predicted molar refractivity (Wildman–Crippen MR) is 59.8 cm³/mol. The van der Waals surface area contributed by atoms with Crippen LogP contribution in [0.4, 0.5) is 0 Å². The van der Waals surface area contributed by atoms with E-state index in [9.17, 15) is 0 Å². The SMILES string of the molecule is CC(C)CSc1cc[c-]cc1.[Zn+][Br]. The minimum absolute atomic E-state index is 0.768. The van der Waals surface area contributed by atoms with E-state index in [4.69, 9.17) is 0 Å². The molecule has 0 heterocycles. The van der Waals surface area contributed by atoms with Crippen molar-refractivity contribution in [3.63, 3.8) is 0 Å². The Morgan fingerprint density at radius 2 is 1.92 bits per heavy atom.